The number of nitrogens with one attached hydrogen (secondary N) is 1. The Balaban J connectivity index is 1.93. The molecule has 0 radical (unpaired) electrons. The van der Waals surface area contributed by atoms with Gasteiger partial charge in [0.05, 0.1) is 0 Å². The summed E-state index contributed by atoms with van der Waals surface area (Å²) < 4.78 is 0. The number of hydrogen-bond acceptors (Lipinski definition) is 2. The molecule has 3 heteroatoms. The van der Waals surface area contributed by atoms with Crippen molar-refractivity contribution >= 4 is 5.91 Å². The molecule has 0 aromatic carbocycles. The van der Waals surface area contributed by atoms with Crippen molar-refractivity contribution in [3.05, 3.63) is 0 Å². The lowest BCUT2D eigenvalue weighted by Crippen LogP contribution is -2.68. The van der Waals surface area contributed by atoms with Crippen LogP contribution in [0.2, 0.25) is 0 Å². The molecule has 3 heterocycles. The lowest BCUT2D eigenvalue weighted by Gasteiger charge is -2.48. The SMILES string of the molecule is CC(C)C(=O)N1C[C@H]2C[C@@H](C1)N2. The van der Waals surface area contributed by atoms with E-state index in [9.17, 15) is 4.79 Å². The molecule has 3 aliphatic rings. The number of nitrogens with zero attached hydrogens (tertiary/aromatic N) is 1. The largest absolute Gasteiger partial charge is 0.339 e. The van der Waals surface area contributed by atoms with Crippen LogP contribution >= 0.6 is 0 Å². The summed E-state index contributed by atoms with van der Waals surface area (Å²) in [5.74, 6) is 0.466. The minimum absolute atomic E-state index is 0.155. The standard InChI is InChI=1S/C9H16N2O/c1-6(2)9(12)11-4-7-3-8(5-11)10-7/h6-8,10H,3-5H2,1-2H3/t7-,8+. The number of piperidine rings is 1. The van der Waals surface area contributed by atoms with Crippen LogP contribution in [0.3, 0.4) is 0 Å². The number of piperazine rings is 1. The molecule has 3 rings (SSSR count). The van der Waals surface area contributed by atoms with Gasteiger partial charge in [0, 0.05) is 31.1 Å². The molecule has 1 N–H and O–H groups in total. The molecule has 2 bridgehead atoms. The van der Waals surface area contributed by atoms with Crippen LogP contribution in [0.15, 0.2) is 0 Å². The minimum atomic E-state index is 0.155. The Hall–Kier alpha value is -0.570. The van der Waals surface area contributed by atoms with E-state index in [4.69, 9.17) is 0 Å². The van der Waals surface area contributed by atoms with Gasteiger partial charge in [-0.05, 0) is 6.42 Å². The average molecular weight is 168 g/mol. The number of carbonyl (C=O) groups is 1. The van der Waals surface area contributed by atoms with Crippen LogP contribution < -0.4 is 5.32 Å². The smallest absolute Gasteiger partial charge is 0.225 e. The molecule has 12 heavy (non-hydrogen) atoms. The molecule has 3 fully saturated rings. The van der Waals surface area contributed by atoms with Gasteiger partial charge in [-0.1, -0.05) is 13.8 Å². The zero-order valence-corrected chi connectivity index (χ0v) is 7.71. The molecule has 0 aromatic rings. The predicted molar refractivity (Wildman–Crippen MR) is 46.7 cm³/mol. The number of rotatable bonds is 1. The third-order valence-corrected chi connectivity index (χ3v) is 2.73. The van der Waals surface area contributed by atoms with Gasteiger partial charge in [-0.2, -0.15) is 0 Å². The molecule has 0 spiro atoms. The Morgan fingerprint density at radius 3 is 2.33 bits per heavy atom. The van der Waals surface area contributed by atoms with Crippen LogP contribution in [0.5, 0.6) is 0 Å². The highest BCUT2D eigenvalue weighted by molar-refractivity contribution is 5.78. The van der Waals surface area contributed by atoms with Crippen molar-refractivity contribution in [2.24, 2.45) is 5.92 Å². The van der Waals surface area contributed by atoms with Crippen LogP contribution in [0.4, 0.5) is 0 Å². The van der Waals surface area contributed by atoms with E-state index in [1.54, 1.807) is 0 Å². The molecular formula is C9H16N2O. The normalized spacial score (nSPS) is 33.4. The van der Waals surface area contributed by atoms with Gasteiger partial charge >= 0.3 is 0 Å². The van der Waals surface area contributed by atoms with Gasteiger partial charge in [0.1, 0.15) is 0 Å². The zero-order valence-electron chi connectivity index (χ0n) is 7.71. The first-order valence-electron chi connectivity index (χ1n) is 4.71. The van der Waals surface area contributed by atoms with E-state index in [2.05, 4.69) is 5.32 Å². The fourth-order valence-electron chi connectivity index (χ4n) is 2.06. The van der Waals surface area contributed by atoms with E-state index in [1.165, 1.54) is 6.42 Å². The number of fused-ring (bicyclic) bond motifs is 2. The van der Waals surface area contributed by atoms with Gasteiger partial charge < -0.3 is 10.2 Å². The molecule has 68 valence electrons. The van der Waals surface area contributed by atoms with Crippen LogP contribution in [-0.4, -0.2) is 36.0 Å². The second-order valence-electron chi connectivity index (χ2n) is 4.19. The molecule has 1 amide bonds. The molecule has 0 aliphatic carbocycles. The second-order valence-corrected chi connectivity index (χ2v) is 4.19. The summed E-state index contributed by atoms with van der Waals surface area (Å²) in [5, 5.41) is 3.41. The van der Waals surface area contributed by atoms with E-state index in [-0.39, 0.29) is 5.92 Å². The molecule has 2 atom stereocenters. The Kier molecular flexibility index (Phi) is 1.83. The van der Waals surface area contributed by atoms with Crippen LogP contribution in [0.25, 0.3) is 0 Å². The first-order chi connectivity index (χ1) is 5.66. The lowest BCUT2D eigenvalue weighted by molar-refractivity contribution is -0.138. The summed E-state index contributed by atoms with van der Waals surface area (Å²) in [5.41, 5.74) is 0. The number of amides is 1. The van der Waals surface area contributed by atoms with Gasteiger partial charge in [-0.25, -0.2) is 0 Å². The Morgan fingerprint density at radius 2 is 1.92 bits per heavy atom. The third kappa shape index (κ3) is 1.22. The van der Waals surface area contributed by atoms with Crippen LogP contribution in [0, 0.1) is 5.92 Å². The summed E-state index contributed by atoms with van der Waals surface area (Å²) in [6, 6.07) is 1.18. The highest BCUT2D eigenvalue weighted by atomic mass is 16.2. The van der Waals surface area contributed by atoms with Crippen molar-refractivity contribution in [1.29, 1.82) is 0 Å². The summed E-state index contributed by atoms with van der Waals surface area (Å²) in [6.45, 7) is 5.78. The van der Waals surface area contributed by atoms with Crippen molar-refractivity contribution in [2.45, 2.75) is 32.4 Å². The van der Waals surface area contributed by atoms with Crippen LogP contribution in [0.1, 0.15) is 20.3 Å². The maximum atomic E-state index is 11.6. The summed E-state index contributed by atoms with van der Waals surface area (Å²) in [7, 11) is 0. The molecule has 3 saturated heterocycles. The molecule has 3 aliphatic heterocycles. The second kappa shape index (κ2) is 2.73. The number of carbonyl (C=O) groups excluding carboxylic acids is 1. The summed E-state index contributed by atoms with van der Waals surface area (Å²) in [4.78, 5) is 13.6. The summed E-state index contributed by atoms with van der Waals surface area (Å²) >= 11 is 0. The van der Waals surface area contributed by atoms with Crippen molar-refractivity contribution < 1.29 is 4.79 Å². The predicted octanol–water partition coefficient (Wildman–Crippen LogP) is 0.215. The highest BCUT2D eigenvalue weighted by Crippen LogP contribution is 2.21. The van der Waals surface area contributed by atoms with E-state index in [0.29, 0.717) is 18.0 Å². The maximum Gasteiger partial charge on any atom is 0.225 e. The van der Waals surface area contributed by atoms with Crippen molar-refractivity contribution in [3.63, 3.8) is 0 Å². The topological polar surface area (TPSA) is 32.3 Å². The van der Waals surface area contributed by atoms with Crippen molar-refractivity contribution in [1.82, 2.24) is 10.2 Å². The quantitative estimate of drug-likeness (QED) is 0.607. The van der Waals surface area contributed by atoms with Gasteiger partial charge in [-0.15, -0.1) is 0 Å². The van der Waals surface area contributed by atoms with E-state index in [1.807, 2.05) is 18.7 Å². The first-order valence-corrected chi connectivity index (χ1v) is 4.71. The van der Waals surface area contributed by atoms with E-state index < -0.39 is 0 Å². The van der Waals surface area contributed by atoms with Crippen LogP contribution in [-0.2, 0) is 4.79 Å². The Bertz CT molecular complexity index is 187. The average Bonchev–Trinajstić information content (AvgIpc) is 2.02. The minimum Gasteiger partial charge on any atom is -0.339 e. The highest BCUT2D eigenvalue weighted by Gasteiger charge is 2.38. The molecule has 0 aromatic heterocycles. The lowest BCUT2D eigenvalue weighted by atomic mass is 9.91. The first kappa shape index (κ1) is 8.05. The van der Waals surface area contributed by atoms with Gasteiger partial charge in [-0.3, -0.25) is 4.79 Å². The van der Waals surface area contributed by atoms with Gasteiger partial charge in [0.15, 0.2) is 0 Å². The van der Waals surface area contributed by atoms with Gasteiger partial charge in [0.25, 0.3) is 0 Å². The third-order valence-electron chi connectivity index (χ3n) is 2.73. The molecular weight excluding hydrogens is 152 g/mol. The maximum absolute atomic E-state index is 11.6. The van der Waals surface area contributed by atoms with Crippen molar-refractivity contribution in [3.8, 4) is 0 Å². The van der Waals surface area contributed by atoms with E-state index in [0.717, 1.165) is 13.1 Å². The number of hydrogen-bond donors (Lipinski definition) is 1. The molecule has 3 nitrogen and oxygen atoms in total. The van der Waals surface area contributed by atoms with E-state index >= 15 is 0 Å². The van der Waals surface area contributed by atoms with Crippen molar-refractivity contribution in [2.75, 3.05) is 13.1 Å². The monoisotopic (exact) mass is 168 g/mol. The zero-order chi connectivity index (χ0) is 8.72. The Labute approximate surface area is 73.1 Å². The molecule has 0 unspecified atom stereocenters. The van der Waals surface area contributed by atoms with Gasteiger partial charge in [0.2, 0.25) is 5.91 Å². The molecule has 0 saturated carbocycles. The Morgan fingerprint density at radius 1 is 1.42 bits per heavy atom. The fourth-order valence-corrected chi connectivity index (χ4v) is 2.06. The fraction of sp³-hybridized carbons (Fsp3) is 0.889. The summed E-state index contributed by atoms with van der Waals surface area (Å²) in [6.07, 6.45) is 1.27.